The van der Waals surface area contributed by atoms with Crippen LogP contribution in [0.1, 0.15) is 15.9 Å². The molecule has 35 heavy (non-hydrogen) atoms. The first-order chi connectivity index (χ1) is 17.1. The average molecular weight is 547 g/mol. The molecule has 5 rings (SSSR count). The van der Waals surface area contributed by atoms with Gasteiger partial charge in [-0.1, -0.05) is 40.2 Å². The second kappa shape index (κ2) is 9.99. The van der Waals surface area contributed by atoms with Crippen molar-refractivity contribution in [1.82, 2.24) is 35.0 Å². The Labute approximate surface area is 210 Å². The first-order valence-corrected chi connectivity index (χ1v) is 11.8. The molecule has 5 aromatic rings. The van der Waals surface area contributed by atoms with Crippen LogP contribution in [0.2, 0.25) is 0 Å². The van der Waals surface area contributed by atoms with Gasteiger partial charge in [0.25, 0.3) is 11.5 Å². The monoisotopic (exact) mass is 546 g/mol. The number of pyridine rings is 1. The summed E-state index contributed by atoms with van der Waals surface area (Å²) in [6, 6.07) is 21.4. The van der Waals surface area contributed by atoms with E-state index in [1.807, 2.05) is 30.3 Å². The Hall–Kier alpha value is -4.16. The van der Waals surface area contributed by atoms with Crippen LogP contribution >= 0.6 is 27.7 Å². The number of aromatic nitrogens is 6. The molecule has 0 aliphatic rings. The Morgan fingerprint density at radius 1 is 1.03 bits per heavy atom. The number of amides is 1. The van der Waals surface area contributed by atoms with E-state index in [1.54, 1.807) is 53.3 Å². The molecule has 172 valence electrons. The minimum Gasteiger partial charge on any atom is -0.268 e. The molecule has 2 aromatic carbocycles. The van der Waals surface area contributed by atoms with Crippen LogP contribution in [0.3, 0.4) is 0 Å². The number of halogens is 1. The summed E-state index contributed by atoms with van der Waals surface area (Å²) < 4.78 is 3.81. The number of hydrazone groups is 1. The number of rotatable bonds is 6. The zero-order chi connectivity index (χ0) is 24.2. The lowest BCUT2D eigenvalue weighted by Crippen LogP contribution is -2.23. The minimum atomic E-state index is -0.412. The van der Waals surface area contributed by atoms with Crippen molar-refractivity contribution in [2.45, 2.75) is 10.2 Å². The SMILES string of the molecule is O=C(NN=Cc1c(Sc2nnnn2-c2ccccc2)nc2ccccn2c1=O)c1ccc(Br)cc1. The fraction of sp³-hybridized carbons (Fsp3) is 0. The molecule has 0 bridgehead atoms. The Kier molecular flexibility index (Phi) is 6.46. The van der Waals surface area contributed by atoms with Gasteiger partial charge >= 0.3 is 0 Å². The van der Waals surface area contributed by atoms with E-state index in [1.165, 1.54) is 10.6 Å². The smallest absolute Gasteiger partial charge is 0.268 e. The molecule has 0 unspecified atom stereocenters. The molecule has 3 aromatic heterocycles. The van der Waals surface area contributed by atoms with E-state index in [4.69, 9.17) is 0 Å². The molecule has 0 fully saturated rings. The zero-order valence-corrected chi connectivity index (χ0v) is 20.2. The predicted octanol–water partition coefficient (Wildman–Crippen LogP) is 3.35. The molecule has 0 saturated carbocycles. The van der Waals surface area contributed by atoms with Crippen LogP contribution in [-0.2, 0) is 0 Å². The Morgan fingerprint density at radius 3 is 2.60 bits per heavy atom. The van der Waals surface area contributed by atoms with E-state index >= 15 is 0 Å². The number of hydrogen-bond acceptors (Lipinski definition) is 8. The first-order valence-electron chi connectivity index (χ1n) is 10.2. The van der Waals surface area contributed by atoms with E-state index < -0.39 is 5.91 Å². The van der Waals surface area contributed by atoms with Crippen LogP contribution in [0, 0.1) is 0 Å². The maximum absolute atomic E-state index is 13.3. The summed E-state index contributed by atoms with van der Waals surface area (Å²) in [5, 5.41) is 16.7. The fourth-order valence-corrected chi connectivity index (χ4v) is 4.28. The van der Waals surface area contributed by atoms with Gasteiger partial charge in [0, 0.05) is 16.2 Å². The van der Waals surface area contributed by atoms with Gasteiger partial charge in [-0.25, -0.2) is 10.4 Å². The highest BCUT2D eigenvalue weighted by molar-refractivity contribution is 9.10. The second-order valence-corrected chi connectivity index (χ2v) is 8.95. The quantitative estimate of drug-likeness (QED) is 0.197. The van der Waals surface area contributed by atoms with Crippen molar-refractivity contribution >= 4 is 45.5 Å². The summed E-state index contributed by atoms with van der Waals surface area (Å²) in [6.07, 6.45) is 2.90. The summed E-state index contributed by atoms with van der Waals surface area (Å²) in [6.45, 7) is 0. The van der Waals surface area contributed by atoms with Gasteiger partial charge in [-0.3, -0.25) is 14.0 Å². The Morgan fingerprint density at radius 2 is 1.80 bits per heavy atom. The molecule has 0 saturated heterocycles. The molecule has 0 atom stereocenters. The van der Waals surface area contributed by atoms with Crippen LogP contribution in [0.4, 0.5) is 0 Å². The van der Waals surface area contributed by atoms with Gasteiger partial charge < -0.3 is 0 Å². The van der Waals surface area contributed by atoms with Crippen LogP contribution in [-0.4, -0.2) is 41.7 Å². The number of tetrazole rings is 1. The van der Waals surface area contributed by atoms with Gasteiger partial charge in [0.15, 0.2) is 0 Å². The third-order valence-corrected chi connectivity index (χ3v) is 6.30. The summed E-state index contributed by atoms with van der Waals surface area (Å²) >= 11 is 4.46. The zero-order valence-electron chi connectivity index (χ0n) is 17.8. The van der Waals surface area contributed by atoms with Crippen molar-refractivity contribution < 1.29 is 4.79 Å². The number of carbonyl (C=O) groups excluding carboxylic acids is 1. The number of benzene rings is 2. The van der Waals surface area contributed by atoms with Crippen LogP contribution in [0.5, 0.6) is 0 Å². The third-order valence-electron chi connectivity index (χ3n) is 4.83. The van der Waals surface area contributed by atoms with Crippen molar-refractivity contribution in [2.24, 2.45) is 5.10 Å². The van der Waals surface area contributed by atoms with E-state index in [2.05, 4.69) is 47.0 Å². The van der Waals surface area contributed by atoms with E-state index in [-0.39, 0.29) is 11.1 Å². The molecule has 0 radical (unpaired) electrons. The highest BCUT2D eigenvalue weighted by Crippen LogP contribution is 2.27. The Balaban J connectivity index is 1.50. The van der Waals surface area contributed by atoms with Crippen LogP contribution in [0.25, 0.3) is 11.3 Å². The summed E-state index contributed by atoms with van der Waals surface area (Å²) in [5.74, 6) is -0.412. The minimum absolute atomic E-state index is 0.178. The van der Waals surface area contributed by atoms with Crippen molar-refractivity contribution in [2.75, 3.05) is 0 Å². The lowest BCUT2D eigenvalue weighted by Gasteiger charge is -2.08. The highest BCUT2D eigenvalue weighted by atomic mass is 79.9. The molecular weight excluding hydrogens is 532 g/mol. The Bertz CT molecular complexity index is 1600. The average Bonchev–Trinajstić information content (AvgIpc) is 3.35. The lowest BCUT2D eigenvalue weighted by molar-refractivity contribution is 0.0955. The highest BCUT2D eigenvalue weighted by Gasteiger charge is 2.17. The molecule has 1 amide bonds. The van der Waals surface area contributed by atoms with Crippen LogP contribution < -0.4 is 11.0 Å². The van der Waals surface area contributed by atoms with Gasteiger partial charge in [0.05, 0.1) is 17.5 Å². The van der Waals surface area contributed by atoms with Gasteiger partial charge in [-0.15, -0.1) is 5.10 Å². The summed E-state index contributed by atoms with van der Waals surface area (Å²) in [5.41, 5.74) is 3.92. The number of fused-ring (bicyclic) bond motifs is 1. The van der Waals surface area contributed by atoms with Crippen molar-refractivity contribution in [3.05, 3.63) is 105 Å². The van der Waals surface area contributed by atoms with Gasteiger partial charge in [-0.05, 0) is 70.7 Å². The standard InChI is InChI=1S/C23H15BrN8O2S/c24-16-11-9-15(10-12-16)20(33)27-25-14-18-21(26-19-8-4-5-13-31(19)22(18)34)35-23-28-29-30-32(23)17-6-2-1-3-7-17/h1-14H,(H,27,33). The lowest BCUT2D eigenvalue weighted by atomic mass is 10.2. The first kappa shape index (κ1) is 22.6. The maximum Gasteiger partial charge on any atom is 0.271 e. The fourth-order valence-electron chi connectivity index (χ4n) is 3.15. The third kappa shape index (κ3) is 4.88. The molecule has 12 heteroatoms. The van der Waals surface area contributed by atoms with Gasteiger partial charge in [0.2, 0.25) is 5.16 Å². The number of carbonyl (C=O) groups is 1. The molecule has 0 aliphatic heterocycles. The topological polar surface area (TPSA) is 119 Å². The summed E-state index contributed by atoms with van der Waals surface area (Å²) in [7, 11) is 0. The van der Waals surface area contributed by atoms with Crippen molar-refractivity contribution in [3.8, 4) is 5.69 Å². The van der Waals surface area contributed by atoms with Crippen molar-refractivity contribution in [3.63, 3.8) is 0 Å². The molecular formula is C23H15BrN8O2S. The largest absolute Gasteiger partial charge is 0.271 e. The second-order valence-electron chi connectivity index (χ2n) is 7.08. The molecule has 0 spiro atoms. The van der Waals surface area contributed by atoms with E-state index in [9.17, 15) is 9.59 Å². The number of nitrogens with zero attached hydrogens (tertiary/aromatic N) is 7. The molecule has 1 N–H and O–H groups in total. The number of hydrogen-bond donors (Lipinski definition) is 1. The predicted molar refractivity (Wildman–Crippen MR) is 134 cm³/mol. The van der Waals surface area contributed by atoms with E-state index in [0.717, 1.165) is 21.9 Å². The van der Waals surface area contributed by atoms with Gasteiger partial charge in [0.1, 0.15) is 10.7 Å². The molecule has 0 aliphatic carbocycles. The maximum atomic E-state index is 13.3. The summed E-state index contributed by atoms with van der Waals surface area (Å²) in [4.78, 5) is 30.3. The number of nitrogens with one attached hydrogen (secondary N) is 1. The van der Waals surface area contributed by atoms with Gasteiger partial charge in [-0.2, -0.15) is 9.78 Å². The van der Waals surface area contributed by atoms with Crippen LogP contribution in [0.15, 0.2) is 104 Å². The normalized spacial score (nSPS) is 11.2. The van der Waals surface area contributed by atoms with E-state index in [0.29, 0.717) is 21.4 Å². The number of para-hydroxylation sites is 1. The van der Waals surface area contributed by atoms with Crippen molar-refractivity contribution in [1.29, 1.82) is 0 Å². The molecule has 10 nitrogen and oxygen atoms in total. The molecule has 3 heterocycles.